The van der Waals surface area contributed by atoms with Crippen LogP contribution in [0.3, 0.4) is 0 Å². The number of hydrogen-bond donors (Lipinski definition) is 3. The van der Waals surface area contributed by atoms with Gasteiger partial charge in [-0.2, -0.15) is 0 Å². The first kappa shape index (κ1) is 20.1. The zero-order valence-corrected chi connectivity index (χ0v) is 17.6. The fourth-order valence-electron chi connectivity index (χ4n) is 4.19. The standard InChI is InChI=1S/C24H23ClN2O3/c1-3-12-8-7-11-16-19(25)18-17(14-9-5-6-10-15(14)24(28)29)21(27)20(26)13(4-2)23(18)30-22(12)16/h5-11,19H,3-4,26-27H2,1-2H3,(H,28,29). The highest BCUT2D eigenvalue weighted by Gasteiger charge is 2.35. The molecule has 0 radical (unpaired) electrons. The van der Waals surface area contributed by atoms with E-state index < -0.39 is 11.3 Å². The summed E-state index contributed by atoms with van der Waals surface area (Å²) in [5.41, 5.74) is 18.1. The molecule has 0 saturated heterocycles. The largest absolute Gasteiger partial charge is 0.478 e. The number of ether oxygens (including phenoxy) is 1. The number of aryl methyl sites for hydroxylation is 1. The molecule has 0 spiro atoms. The Morgan fingerprint density at radius 1 is 1.03 bits per heavy atom. The molecule has 1 unspecified atom stereocenters. The Balaban J connectivity index is 2.10. The number of carboxylic acids is 1. The fraction of sp³-hybridized carbons (Fsp3) is 0.208. The Kier molecular flexibility index (Phi) is 5.08. The first-order chi connectivity index (χ1) is 14.4. The minimum Gasteiger partial charge on any atom is -0.478 e. The number of rotatable bonds is 4. The number of carboxylic acid groups (broad SMARTS) is 1. The van der Waals surface area contributed by atoms with Gasteiger partial charge in [-0.15, -0.1) is 11.6 Å². The zero-order chi connectivity index (χ0) is 21.6. The SMILES string of the molecule is CCc1cccc2c1Oc1c(CC)c(N)c(N)c(-c3ccccc3C(=O)O)c1C2Cl. The molecule has 1 heterocycles. The summed E-state index contributed by atoms with van der Waals surface area (Å²) in [7, 11) is 0. The van der Waals surface area contributed by atoms with Crippen molar-refractivity contribution in [2.75, 3.05) is 11.5 Å². The van der Waals surface area contributed by atoms with Crippen molar-refractivity contribution in [3.63, 3.8) is 0 Å². The van der Waals surface area contributed by atoms with Gasteiger partial charge in [0.2, 0.25) is 0 Å². The lowest BCUT2D eigenvalue weighted by atomic mass is 9.84. The molecule has 1 atom stereocenters. The molecular formula is C24H23ClN2O3. The van der Waals surface area contributed by atoms with E-state index in [1.54, 1.807) is 24.3 Å². The average molecular weight is 423 g/mol. The molecular weight excluding hydrogens is 400 g/mol. The number of aromatic carboxylic acids is 1. The Labute approximate surface area is 180 Å². The van der Waals surface area contributed by atoms with Crippen molar-refractivity contribution >= 4 is 28.9 Å². The average Bonchev–Trinajstić information content (AvgIpc) is 2.75. The van der Waals surface area contributed by atoms with Crippen LogP contribution in [-0.2, 0) is 12.8 Å². The van der Waals surface area contributed by atoms with Crippen LogP contribution in [-0.4, -0.2) is 11.1 Å². The third-order valence-electron chi connectivity index (χ3n) is 5.69. The quantitative estimate of drug-likeness (QED) is 0.366. The molecule has 30 heavy (non-hydrogen) atoms. The number of anilines is 2. The molecule has 0 bridgehead atoms. The van der Waals surface area contributed by atoms with Gasteiger partial charge >= 0.3 is 5.97 Å². The minimum absolute atomic E-state index is 0.132. The monoisotopic (exact) mass is 422 g/mol. The number of nitrogen functional groups attached to an aromatic ring is 2. The lowest BCUT2D eigenvalue weighted by molar-refractivity contribution is 0.0697. The van der Waals surface area contributed by atoms with Gasteiger partial charge in [0, 0.05) is 22.3 Å². The van der Waals surface area contributed by atoms with Crippen molar-refractivity contribution in [3.05, 3.63) is 70.3 Å². The van der Waals surface area contributed by atoms with Gasteiger partial charge in [-0.1, -0.05) is 50.2 Å². The molecule has 0 amide bonds. The maximum absolute atomic E-state index is 11.9. The van der Waals surface area contributed by atoms with Gasteiger partial charge in [-0.25, -0.2) is 4.79 Å². The van der Waals surface area contributed by atoms with E-state index in [1.807, 2.05) is 25.1 Å². The van der Waals surface area contributed by atoms with Crippen molar-refractivity contribution in [2.24, 2.45) is 0 Å². The number of nitrogens with two attached hydrogens (primary N) is 2. The van der Waals surface area contributed by atoms with Crippen LogP contribution in [0.2, 0.25) is 0 Å². The van der Waals surface area contributed by atoms with E-state index in [0.29, 0.717) is 40.2 Å². The predicted octanol–water partition coefficient (Wildman–Crippen LogP) is 5.77. The van der Waals surface area contributed by atoms with E-state index in [2.05, 4.69) is 6.92 Å². The molecule has 6 heteroatoms. The van der Waals surface area contributed by atoms with E-state index in [9.17, 15) is 9.90 Å². The van der Waals surface area contributed by atoms with Gasteiger partial charge < -0.3 is 21.3 Å². The molecule has 154 valence electrons. The van der Waals surface area contributed by atoms with E-state index in [4.69, 9.17) is 27.8 Å². The van der Waals surface area contributed by atoms with Crippen LogP contribution >= 0.6 is 11.6 Å². The van der Waals surface area contributed by atoms with Gasteiger partial charge in [0.1, 0.15) is 11.5 Å². The molecule has 1 aliphatic rings. The van der Waals surface area contributed by atoms with Crippen molar-refractivity contribution in [3.8, 4) is 22.6 Å². The highest BCUT2D eigenvalue weighted by Crippen LogP contribution is 2.56. The van der Waals surface area contributed by atoms with Gasteiger partial charge in [0.05, 0.1) is 22.3 Å². The molecule has 0 saturated carbocycles. The number of carbonyl (C=O) groups is 1. The lowest BCUT2D eigenvalue weighted by Crippen LogP contribution is -2.15. The summed E-state index contributed by atoms with van der Waals surface area (Å²) < 4.78 is 6.42. The predicted molar refractivity (Wildman–Crippen MR) is 121 cm³/mol. The van der Waals surface area contributed by atoms with E-state index in [-0.39, 0.29) is 5.56 Å². The van der Waals surface area contributed by atoms with Crippen LogP contribution in [0.4, 0.5) is 11.4 Å². The summed E-state index contributed by atoms with van der Waals surface area (Å²) in [6, 6.07) is 12.6. The summed E-state index contributed by atoms with van der Waals surface area (Å²) in [4.78, 5) is 11.9. The van der Waals surface area contributed by atoms with Crippen LogP contribution in [0.15, 0.2) is 42.5 Å². The lowest BCUT2D eigenvalue weighted by Gasteiger charge is -2.32. The van der Waals surface area contributed by atoms with Crippen molar-refractivity contribution in [1.82, 2.24) is 0 Å². The summed E-state index contributed by atoms with van der Waals surface area (Å²) in [5, 5.41) is 9.19. The first-order valence-corrected chi connectivity index (χ1v) is 10.3. The number of para-hydroxylation sites is 1. The summed E-state index contributed by atoms with van der Waals surface area (Å²) in [6.07, 6.45) is 1.40. The Morgan fingerprint density at radius 2 is 1.77 bits per heavy atom. The van der Waals surface area contributed by atoms with E-state index in [0.717, 1.165) is 28.9 Å². The maximum atomic E-state index is 11.9. The molecule has 5 nitrogen and oxygen atoms in total. The number of benzene rings is 3. The molecule has 0 fully saturated rings. The minimum atomic E-state index is -1.05. The second-order valence-corrected chi connectivity index (χ2v) is 7.72. The van der Waals surface area contributed by atoms with Crippen molar-refractivity contribution < 1.29 is 14.6 Å². The van der Waals surface area contributed by atoms with Gasteiger partial charge in [0.25, 0.3) is 0 Å². The van der Waals surface area contributed by atoms with Crippen molar-refractivity contribution in [2.45, 2.75) is 32.1 Å². The maximum Gasteiger partial charge on any atom is 0.336 e. The van der Waals surface area contributed by atoms with Gasteiger partial charge in [-0.05, 0) is 30.0 Å². The van der Waals surface area contributed by atoms with Crippen LogP contribution in [0.1, 0.15) is 51.8 Å². The molecule has 0 aromatic heterocycles. The molecule has 3 aromatic rings. The van der Waals surface area contributed by atoms with Crippen LogP contribution in [0.5, 0.6) is 11.5 Å². The zero-order valence-electron chi connectivity index (χ0n) is 16.8. The molecule has 0 aliphatic carbocycles. The third kappa shape index (κ3) is 2.89. The summed E-state index contributed by atoms with van der Waals surface area (Å²) >= 11 is 7.02. The Bertz CT molecular complexity index is 1170. The smallest absolute Gasteiger partial charge is 0.336 e. The molecule has 5 N–H and O–H groups in total. The van der Waals surface area contributed by atoms with E-state index in [1.165, 1.54) is 0 Å². The molecule has 1 aliphatic heterocycles. The number of hydrogen-bond acceptors (Lipinski definition) is 4. The van der Waals surface area contributed by atoms with Crippen LogP contribution < -0.4 is 16.2 Å². The Morgan fingerprint density at radius 3 is 2.43 bits per heavy atom. The first-order valence-electron chi connectivity index (χ1n) is 9.90. The third-order valence-corrected chi connectivity index (χ3v) is 6.14. The molecule has 3 aromatic carbocycles. The number of fused-ring (bicyclic) bond motifs is 2. The Hall–Kier alpha value is -3.18. The summed E-state index contributed by atoms with van der Waals surface area (Å²) in [6.45, 7) is 4.04. The normalized spacial score (nSPS) is 14.6. The van der Waals surface area contributed by atoms with Gasteiger partial charge in [0.15, 0.2) is 0 Å². The number of halogens is 1. The summed E-state index contributed by atoms with van der Waals surface area (Å²) in [5.74, 6) is 0.269. The second kappa shape index (κ2) is 7.58. The molecule has 4 rings (SSSR count). The fourth-order valence-corrected chi connectivity index (χ4v) is 4.57. The van der Waals surface area contributed by atoms with Crippen LogP contribution in [0.25, 0.3) is 11.1 Å². The second-order valence-electron chi connectivity index (χ2n) is 7.28. The highest BCUT2D eigenvalue weighted by atomic mass is 35.5. The van der Waals surface area contributed by atoms with Crippen molar-refractivity contribution in [1.29, 1.82) is 0 Å². The highest BCUT2D eigenvalue weighted by molar-refractivity contribution is 6.24. The van der Waals surface area contributed by atoms with Gasteiger partial charge in [-0.3, -0.25) is 0 Å². The van der Waals surface area contributed by atoms with E-state index >= 15 is 0 Å². The van der Waals surface area contributed by atoms with Crippen LogP contribution in [0, 0.1) is 0 Å². The topological polar surface area (TPSA) is 98.6 Å². The number of alkyl halides is 1.